The zero-order valence-corrected chi connectivity index (χ0v) is 23.3. The monoisotopic (exact) mass is 567 g/mol. The van der Waals surface area contributed by atoms with E-state index >= 15 is 0 Å². The van der Waals surface area contributed by atoms with Gasteiger partial charge < -0.3 is 9.42 Å². The van der Waals surface area contributed by atoms with Crippen molar-refractivity contribution in [1.82, 2.24) is 10.1 Å². The lowest BCUT2D eigenvalue weighted by atomic mass is 10.1. The maximum atomic E-state index is 13.3. The van der Waals surface area contributed by atoms with Crippen molar-refractivity contribution in [1.29, 1.82) is 0 Å². The third kappa shape index (κ3) is 5.05. The molecule has 0 saturated carbocycles. The van der Waals surface area contributed by atoms with Crippen molar-refractivity contribution < 1.29 is 17.7 Å². The zero-order valence-electron chi connectivity index (χ0n) is 21.7. The Bertz CT molecular complexity index is 1800. The van der Waals surface area contributed by atoms with Crippen LogP contribution in [-0.2, 0) is 15.6 Å². The van der Waals surface area contributed by atoms with Crippen LogP contribution in [0.1, 0.15) is 29.3 Å². The Morgan fingerprint density at radius 1 is 0.850 bits per heavy atom. The van der Waals surface area contributed by atoms with E-state index in [0.717, 1.165) is 27.5 Å². The predicted molar refractivity (Wildman–Crippen MR) is 155 cm³/mol. The van der Waals surface area contributed by atoms with E-state index in [2.05, 4.69) is 17.1 Å². The quantitative estimate of drug-likeness (QED) is 0.211. The number of aromatic nitrogens is 2. The summed E-state index contributed by atoms with van der Waals surface area (Å²) < 4.78 is 31.0. The smallest absolute Gasteiger partial charge is 0.259 e. The lowest BCUT2D eigenvalue weighted by Crippen LogP contribution is -2.31. The van der Waals surface area contributed by atoms with Crippen molar-refractivity contribution in [2.24, 2.45) is 0 Å². The third-order valence-corrected chi connectivity index (χ3v) is 9.45. The minimum atomic E-state index is -3.44. The molecule has 40 heavy (non-hydrogen) atoms. The van der Waals surface area contributed by atoms with Crippen molar-refractivity contribution in [2.75, 3.05) is 11.4 Å². The molecule has 2 heterocycles. The second kappa shape index (κ2) is 10.7. The van der Waals surface area contributed by atoms with Crippen molar-refractivity contribution in [3.63, 3.8) is 0 Å². The highest BCUT2D eigenvalue weighted by Gasteiger charge is 2.27. The Labute approximate surface area is 236 Å². The predicted octanol–water partition coefficient (Wildman–Crippen LogP) is 6.90. The van der Waals surface area contributed by atoms with Gasteiger partial charge >= 0.3 is 0 Å². The normalized spacial score (nSPS) is 13.0. The van der Waals surface area contributed by atoms with Crippen molar-refractivity contribution in [2.45, 2.75) is 33.8 Å². The summed E-state index contributed by atoms with van der Waals surface area (Å²) in [6, 6.07) is 29.0. The molecule has 1 aromatic heterocycles. The van der Waals surface area contributed by atoms with Crippen molar-refractivity contribution in [3.8, 4) is 22.8 Å². The summed E-state index contributed by atoms with van der Waals surface area (Å²) in [6.45, 7) is 2.68. The highest BCUT2D eigenvalue weighted by atomic mass is 32.2. The first kappa shape index (κ1) is 26.0. The minimum Gasteiger partial charge on any atom is -0.334 e. The fraction of sp³-hybridized carbons (Fsp3) is 0.129. The van der Waals surface area contributed by atoms with Crippen molar-refractivity contribution >= 4 is 33.2 Å². The van der Waals surface area contributed by atoms with Crippen LogP contribution in [0.4, 0.5) is 5.69 Å². The Balaban J connectivity index is 1.26. The maximum absolute atomic E-state index is 13.3. The standard InChI is InChI=1S/C31H25N3O4S2/c1-2-18-34-26-17-16-23(19-28(26)39-27-11-7-6-10-25(27)31(34)35)29-32-30(38-33-29)22-14-12-21(13-15-22)20-40(36,37)24-8-4-3-5-9-24/h3-17,19H,2,18,20H2,1H3. The number of anilines is 1. The lowest BCUT2D eigenvalue weighted by molar-refractivity contribution is 0.0984. The average Bonchev–Trinajstić information content (AvgIpc) is 3.43. The molecule has 0 spiro atoms. The molecule has 0 unspecified atom stereocenters. The first-order valence-electron chi connectivity index (χ1n) is 12.9. The van der Waals surface area contributed by atoms with E-state index in [4.69, 9.17) is 4.52 Å². The van der Waals surface area contributed by atoms with Gasteiger partial charge in [-0.1, -0.05) is 66.3 Å². The fourth-order valence-electron chi connectivity index (χ4n) is 4.64. The molecular formula is C31H25N3O4S2. The second-order valence-corrected chi connectivity index (χ2v) is 12.5. The first-order valence-corrected chi connectivity index (χ1v) is 15.3. The summed E-state index contributed by atoms with van der Waals surface area (Å²) in [5, 5.41) is 4.20. The fourth-order valence-corrected chi connectivity index (χ4v) is 7.13. The van der Waals surface area contributed by atoms with Gasteiger partial charge in [-0.15, -0.1) is 0 Å². The van der Waals surface area contributed by atoms with Gasteiger partial charge in [0.2, 0.25) is 5.82 Å². The minimum absolute atomic E-state index is 0.00156. The molecule has 1 aliphatic rings. The summed E-state index contributed by atoms with van der Waals surface area (Å²) in [5.74, 6) is 0.668. The third-order valence-electron chi connectivity index (χ3n) is 6.62. The van der Waals surface area contributed by atoms with Crippen LogP contribution in [0, 0.1) is 0 Å². The van der Waals surface area contributed by atoms with Gasteiger partial charge in [-0.3, -0.25) is 4.79 Å². The highest BCUT2D eigenvalue weighted by molar-refractivity contribution is 7.99. The Kier molecular flexibility index (Phi) is 7.00. The molecule has 0 saturated heterocycles. The SMILES string of the molecule is CCCN1C(=O)c2ccccc2Sc2cc(-c3noc(-c4ccc(CS(=O)(=O)c5ccccc5)cc4)n3)ccc21. The second-order valence-electron chi connectivity index (χ2n) is 9.43. The average molecular weight is 568 g/mol. The molecule has 0 aliphatic carbocycles. The van der Waals surface area contributed by atoms with Crippen LogP contribution in [0.3, 0.4) is 0 Å². The largest absolute Gasteiger partial charge is 0.334 e. The molecule has 6 rings (SSSR count). The van der Waals surface area contributed by atoms with Crippen LogP contribution in [-0.4, -0.2) is 31.0 Å². The van der Waals surface area contributed by atoms with E-state index < -0.39 is 9.84 Å². The van der Waals surface area contributed by atoms with Crippen molar-refractivity contribution in [3.05, 3.63) is 108 Å². The lowest BCUT2D eigenvalue weighted by Gasteiger charge is -2.22. The number of carbonyl (C=O) groups excluding carboxylic acids is 1. The van der Waals surface area contributed by atoms with Crippen LogP contribution in [0.25, 0.3) is 22.8 Å². The summed E-state index contributed by atoms with van der Waals surface area (Å²) >= 11 is 1.56. The molecule has 0 radical (unpaired) electrons. The molecule has 0 N–H and O–H groups in total. The van der Waals surface area contributed by atoms with Gasteiger partial charge in [-0.25, -0.2) is 8.42 Å². The molecule has 5 aromatic rings. The number of nitrogens with zero attached hydrogens (tertiary/aromatic N) is 3. The summed E-state index contributed by atoms with van der Waals surface area (Å²) in [5.41, 5.74) is 3.69. The van der Waals surface area contributed by atoms with Crippen LogP contribution in [0.2, 0.25) is 0 Å². The number of amides is 1. The molecule has 200 valence electrons. The molecule has 0 fully saturated rings. The van der Waals surface area contributed by atoms with E-state index in [1.54, 1.807) is 66.4 Å². The molecule has 0 atom stereocenters. The Morgan fingerprint density at radius 3 is 2.35 bits per heavy atom. The van der Waals surface area contributed by atoms with Gasteiger partial charge in [0, 0.05) is 27.5 Å². The summed E-state index contributed by atoms with van der Waals surface area (Å²) in [7, 11) is -3.44. The summed E-state index contributed by atoms with van der Waals surface area (Å²) in [4.78, 5) is 21.9. The molecule has 7 nitrogen and oxygen atoms in total. The molecule has 1 aliphatic heterocycles. The van der Waals surface area contributed by atoms with Crippen LogP contribution >= 0.6 is 11.8 Å². The van der Waals surface area contributed by atoms with Gasteiger partial charge in [-0.05, 0) is 66.6 Å². The number of hydrogen-bond donors (Lipinski definition) is 0. The number of benzene rings is 4. The van der Waals surface area contributed by atoms with Gasteiger partial charge in [0.15, 0.2) is 9.84 Å². The topological polar surface area (TPSA) is 93.4 Å². The highest BCUT2D eigenvalue weighted by Crippen LogP contribution is 2.43. The van der Waals surface area contributed by atoms with Gasteiger partial charge in [0.25, 0.3) is 11.8 Å². The van der Waals surface area contributed by atoms with Gasteiger partial charge in [0.05, 0.1) is 21.9 Å². The van der Waals surface area contributed by atoms with Gasteiger partial charge in [0.1, 0.15) is 0 Å². The molecular weight excluding hydrogens is 542 g/mol. The number of sulfone groups is 1. The number of fused-ring (bicyclic) bond motifs is 2. The van der Waals surface area contributed by atoms with E-state index in [1.165, 1.54) is 0 Å². The molecule has 0 bridgehead atoms. The first-order chi connectivity index (χ1) is 19.4. The van der Waals surface area contributed by atoms with E-state index in [9.17, 15) is 13.2 Å². The van der Waals surface area contributed by atoms with Crippen LogP contribution in [0.15, 0.2) is 116 Å². The van der Waals surface area contributed by atoms with Gasteiger partial charge in [-0.2, -0.15) is 4.98 Å². The zero-order chi connectivity index (χ0) is 27.7. The maximum Gasteiger partial charge on any atom is 0.259 e. The van der Waals surface area contributed by atoms with Crippen LogP contribution in [0.5, 0.6) is 0 Å². The molecule has 1 amide bonds. The Morgan fingerprint density at radius 2 is 1.57 bits per heavy atom. The Hall–Kier alpha value is -4.21. The molecule has 4 aromatic carbocycles. The van der Waals surface area contributed by atoms with Crippen LogP contribution < -0.4 is 4.90 Å². The van der Waals surface area contributed by atoms with E-state index in [1.807, 2.05) is 47.4 Å². The molecule has 9 heteroatoms. The number of hydrogen-bond acceptors (Lipinski definition) is 7. The van der Waals surface area contributed by atoms with E-state index in [0.29, 0.717) is 39.8 Å². The number of carbonyl (C=O) groups is 1. The van der Waals surface area contributed by atoms with E-state index in [-0.39, 0.29) is 11.7 Å². The summed E-state index contributed by atoms with van der Waals surface area (Å²) in [6.07, 6.45) is 0.838. The number of rotatable bonds is 7.